The van der Waals surface area contributed by atoms with E-state index in [2.05, 4.69) is 34.6 Å². The predicted molar refractivity (Wildman–Crippen MR) is 446 cm³/mol. The highest BCUT2D eigenvalue weighted by molar-refractivity contribution is 7.47. The minimum absolute atomic E-state index is 0.109. The fourth-order valence-electron chi connectivity index (χ4n) is 14.0. The van der Waals surface area contributed by atoms with Crippen LogP contribution in [0.3, 0.4) is 0 Å². The summed E-state index contributed by atoms with van der Waals surface area (Å²) in [5.74, 6) is -1.28. The van der Waals surface area contributed by atoms with Gasteiger partial charge < -0.3 is 33.8 Å². The Balaban J connectivity index is 5.22. The topological polar surface area (TPSA) is 237 Å². The van der Waals surface area contributed by atoms with Gasteiger partial charge in [0.2, 0.25) is 0 Å². The van der Waals surface area contributed by atoms with E-state index in [0.29, 0.717) is 25.7 Å². The molecular weight excluding hydrogens is 1400 g/mol. The molecule has 0 aliphatic heterocycles. The van der Waals surface area contributed by atoms with Gasteiger partial charge in [0.25, 0.3) is 0 Å². The first kappa shape index (κ1) is 106. The maximum Gasteiger partial charge on any atom is 0.472 e. The molecule has 0 spiro atoms. The number of carbonyl (C=O) groups excluding carboxylic acids is 4. The number of phosphoric acid groups is 2. The molecule has 0 aliphatic rings. The lowest BCUT2D eigenvalue weighted by Gasteiger charge is -2.21. The first-order valence-electron chi connectivity index (χ1n) is 46.1. The van der Waals surface area contributed by atoms with Gasteiger partial charge in [0.1, 0.15) is 19.3 Å². The van der Waals surface area contributed by atoms with E-state index < -0.39 is 97.5 Å². The zero-order valence-corrected chi connectivity index (χ0v) is 72.8. The molecule has 0 heterocycles. The summed E-state index contributed by atoms with van der Waals surface area (Å²) in [5.41, 5.74) is 0. The Labute approximate surface area is 664 Å². The van der Waals surface area contributed by atoms with Gasteiger partial charge >= 0.3 is 39.5 Å². The highest BCUT2D eigenvalue weighted by Crippen LogP contribution is 2.45. The summed E-state index contributed by atoms with van der Waals surface area (Å²) >= 11 is 0. The van der Waals surface area contributed by atoms with E-state index in [4.69, 9.17) is 37.0 Å². The summed E-state index contributed by atoms with van der Waals surface area (Å²) in [7, 11) is -9.93. The smallest absolute Gasteiger partial charge is 0.462 e. The fourth-order valence-corrected chi connectivity index (χ4v) is 15.6. The van der Waals surface area contributed by atoms with Gasteiger partial charge in [0, 0.05) is 25.7 Å². The highest BCUT2D eigenvalue weighted by Gasteiger charge is 2.30. The normalized spacial score (nSPS) is 13.7. The van der Waals surface area contributed by atoms with E-state index in [-0.39, 0.29) is 25.7 Å². The molecular formula is C89H174O17P2. The Kier molecular flexibility index (Phi) is 80.2. The molecule has 0 aliphatic carbocycles. The van der Waals surface area contributed by atoms with E-state index in [0.717, 1.165) is 95.8 Å². The van der Waals surface area contributed by atoms with Gasteiger partial charge in [-0.1, -0.05) is 433 Å². The van der Waals surface area contributed by atoms with E-state index in [1.54, 1.807) is 0 Å². The lowest BCUT2D eigenvalue weighted by atomic mass is 10.0. The number of phosphoric ester groups is 2. The van der Waals surface area contributed by atoms with Gasteiger partial charge in [-0.05, 0) is 31.6 Å². The molecule has 0 radical (unpaired) electrons. The van der Waals surface area contributed by atoms with E-state index >= 15 is 0 Å². The SMILES string of the molecule is CCCCCCCCCCCCCCCCCCCCCC(=O)OC[C@H](COP(=O)(O)OC[C@@H](O)COP(=O)(O)OC[C@@H](COC(=O)CCCCCCCCCCCC)OC(=O)CCCCCCCCCCCCCCCCCCCC)OC(=O)CCCCCCCCCCCCCCCCCCCCC(C)C. The zero-order chi connectivity index (χ0) is 79.0. The molecule has 0 aromatic rings. The molecule has 0 bridgehead atoms. The van der Waals surface area contributed by atoms with Gasteiger partial charge in [-0.2, -0.15) is 0 Å². The summed E-state index contributed by atoms with van der Waals surface area (Å²) < 4.78 is 69.0. The lowest BCUT2D eigenvalue weighted by Crippen LogP contribution is -2.30. The van der Waals surface area contributed by atoms with Crippen molar-refractivity contribution in [2.45, 2.75) is 502 Å². The number of rotatable bonds is 89. The average molecular weight is 1580 g/mol. The third-order valence-electron chi connectivity index (χ3n) is 21.0. The molecule has 2 unspecified atom stereocenters. The Hall–Kier alpha value is -1.94. The molecule has 0 saturated heterocycles. The number of hydrogen-bond donors (Lipinski definition) is 3. The van der Waals surface area contributed by atoms with Gasteiger partial charge in [-0.25, -0.2) is 9.13 Å². The summed E-state index contributed by atoms with van der Waals surface area (Å²) in [5, 5.41) is 10.7. The molecule has 108 heavy (non-hydrogen) atoms. The molecule has 0 aromatic carbocycles. The number of unbranched alkanes of at least 4 members (excludes halogenated alkanes) is 61. The Morgan fingerprint density at radius 3 is 0.630 bits per heavy atom. The van der Waals surface area contributed by atoms with Crippen LogP contribution in [0.2, 0.25) is 0 Å². The van der Waals surface area contributed by atoms with Crippen molar-refractivity contribution < 1.29 is 80.2 Å². The maximum absolute atomic E-state index is 13.2. The minimum Gasteiger partial charge on any atom is -0.462 e. The maximum atomic E-state index is 13.2. The molecule has 0 saturated carbocycles. The van der Waals surface area contributed by atoms with Crippen molar-refractivity contribution in [3.63, 3.8) is 0 Å². The summed E-state index contributed by atoms with van der Waals surface area (Å²) in [6.07, 6.45) is 76.4. The van der Waals surface area contributed by atoms with Crippen molar-refractivity contribution in [2.75, 3.05) is 39.6 Å². The van der Waals surface area contributed by atoms with E-state index in [1.165, 1.54) is 308 Å². The molecule has 0 aromatic heterocycles. The van der Waals surface area contributed by atoms with Crippen molar-refractivity contribution in [1.82, 2.24) is 0 Å². The van der Waals surface area contributed by atoms with Gasteiger partial charge in [-0.3, -0.25) is 37.3 Å². The van der Waals surface area contributed by atoms with Crippen LogP contribution in [-0.2, 0) is 65.4 Å². The number of hydrogen-bond acceptors (Lipinski definition) is 15. The van der Waals surface area contributed by atoms with Crippen molar-refractivity contribution in [3.05, 3.63) is 0 Å². The van der Waals surface area contributed by atoms with Crippen molar-refractivity contribution in [1.29, 1.82) is 0 Å². The molecule has 642 valence electrons. The van der Waals surface area contributed by atoms with Gasteiger partial charge in [0.15, 0.2) is 12.2 Å². The third kappa shape index (κ3) is 82.1. The molecule has 0 fully saturated rings. The number of carbonyl (C=O) groups is 4. The van der Waals surface area contributed by atoms with Crippen LogP contribution in [0.1, 0.15) is 484 Å². The third-order valence-corrected chi connectivity index (χ3v) is 22.9. The Morgan fingerprint density at radius 2 is 0.426 bits per heavy atom. The number of aliphatic hydroxyl groups excluding tert-OH is 1. The van der Waals surface area contributed by atoms with E-state index in [9.17, 15) is 43.2 Å². The van der Waals surface area contributed by atoms with Crippen LogP contribution in [0.4, 0.5) is 0 Å². The van der Waals surface area contributed by atoms with Crippen molar-refractivity contribution in [2.24, 2.45) is 5.92 Å². The number of aliphatic hydroxyl groups is 1. The summed E-state index contributed by atoms with van der Waals surface area (Å²) in [6.45, 7) is 7.41. The Bertz CT molecular complexity index is 2050. The molecule has 17 nitrogen and oxygen atoms in total. The number of esters is 4. The largest absolute Gasteiger partial charge is 0.472 e. The summed E-state index contributed by atoms with van der Waals surface area (Å²) in [4.78, 5) is 73.3. The first-order valence-corrected chi connectivity index (χ1v) is 49.1. The van der Waals surface area contributed by atoms with Crippen LogP contribution < -0.4 is 0 Å². The van der Waals surface area contributed by atoms with Crippen LogP contribution in [0.15, 0.2) is 0 Å². The standard InChI is InChI=1S/C89H174O17P2/c1-6-9-12-15-18-21-24-26-28-30-32-37-40-44-48-53-58-63-68-73-87(92)100-79-85(106-89(94)75-70-65-60-55-50-46-42-38-34-33-35-39-43-47-51-56-61-66-71-82(4)5)81-104-108(97,98)102-77-83(90)76-101-107(95,96)103-80-84(78-99-86(91)72-67-62-57-52-23-20-17-14-11-8-3)105-88(93)74-69-64-59-54-49-45-41-36-31-29-27-25-22-19-16-13-10-7-2/h82-85,90H,6-81H2,1-5H3,(H,95,96)(H,97,98)/t83-,84+,85+/m0/s1. The average Bonchev–Trinajstić information content (AvgIpc) is 0.899. The minimum atomic E-state index is -4.97. The fraction of sp³-hybridized carbons (Fsp3) is 0.955. The molecule has 0 rings (SSSR count). The second kappa shape index (κ2) is 81.6. The van der Waals surface area contributed by atoms with Crippen LogP contribution in [0.5, 0.6) is 0 Å². The predicted octanol–water partition coefficient (Wildman–Crippen LogP) is 27.5. The first-order chi connectivity index (χ1) is 52.5. The van der Waals surface area contributed by atoms with Crippen LogP contribution in [-0.4, -0.2) is 96.7 Å². The second-order valence-electron chi connectivity index (χ2n) is 32.5. The monoisotopic (exact) mass is 1580 g/mol. The van der Waals surface area contributed by atoms with E-state index in [1.807, 2.05) is 0 Å². The Morgan fingerprint density at radius 1 is 0.250 bits per heavy atom. The zero-order valence-electron chi connectivity index (χ0n) is 71.0. The van der Waals surface area contributed by atoms with Crippen LogP contribution in [0.25, 0.3) is 0 Å². The van der Waals surface area contributed by atoms with Crippen LogP contribution in [0, 0.1) is 5.92 Å². The molecule has 5 atom stereocenters. The quantitative estimate of drug-likeness (QED) is 0.0222. The van der Waals surface area contributed by atoms with Crippen LogP contribution >= 0.6 is 15.6 Å². The van der Waals surface area contributed by atoms with Crippen molar-refractivity contribution >= 4 is 39.5 Å². The molecule has 0 amide bonds. The molecule has 19 heteroatoms. The van der Waals surface area contributed by atoms with Crippen molar-refractivity contribution in [3.8, 4) is 0 Å². The lowest BCUT2D eigenvalue weighted by molar-refractivity contribution is -0.161. The van der Waals surface area contributed by atoms with Gasteiger partial charge in [0.05, 0.1) is 26.4 Å². The second-order valence-corrected chi connectivity index (χ2v) is 35.4. The number of ether oxygens (including phenoxy) is 4. The highest BCUT2D eigenvalue weighted by atomic mass is 31.2. The van der Waals surface area contributed by atoms with Gasteiger partial charge in [-0.15, -0.1) is 0 Å². The molecule has 3 N–H and O–H groups in total. The summed E-state index contributed by atoms with van der Waals surface area (Å²) in [6, 6.07) is 0.